The van der Waals surface area contributed by atoms with E-state index in [1.807, 2.05) is 36.4 Å². The van der Waals surface area contributed by atoms with Crippen LogP contribution in [0.5, 0.6) is 5.75 Å². The summed E-state index contributed by atoms with van der Waals surface area (Å²) in [4.78, 5) is 25.5. The van der Waals surface area contributed by atoms with Crippen LogP contribution in [0.2, 0.25) is 0 Å². The highest BCUT2D eigenvalue weighted by molar-refractivity contribution is 7.92. The molecule has 5 aromatic rings. The Kier molecular flexibility index (Phi) is 7.65. The number of ether oxygens (including phenoxy) is 1. The molecule has 8 nitrogen and oxygen atoms in total. The zero-order valence-corrected chi connectivity index (χ0v) is 21.8. The minimum Gasteiger partial charge on any atom is -0.422 e. The van der Waals surface area contributed by atoms with E-state index >= 15 is 0 Å². The second-order valence-electron chi connectivity index (χ2n) is 8.65. The van der Waals surface area contributed by atoms with E-state index < -0.39 is 21.9 Å². The highest BCUT2D eigenvalue weighted by Gasteiger charge is 2.15. The number of benzene rings is 5. The molecule has 0 saturated heterocycles. The molecule has 0 spiro atoms. The van der Waals surface area contributed by atoms with Crippen molar-refractivity contribution in [3.05, 3.63) is 138 Å². The van der Waals surface area contributed by atoms with E-state index in [-0.39, 0.29) is 10.5 Å². The lowest BCUT2D eigenvalue weighted by molar-refractivity contribution is 0.0734. The van der Waals surface area contributed by atoms with Crippen LogP contribution in [0.1, 0.15) is 26.3 Å². The zero-order chi connectivity index (χ0) is 28.0. The number of anilines is 1. The lowest BCUT2D eigenvalue weighted by Gasteiger charge is -2.11. The summed E-state index contributed by atoms with van der Waals surface area (Å²) in [7, 11) is -3.75. The van der Waals surface area contributed by atoms with Crippen molar-refractivity contribution in [2.45, 2.75) is 4.90 Å². The monoisotopic (exact) mass is 549 g/mol. The van der Waals surface area contributed by atoms with Crippen LogP contribution in [-0.2, 0) is 10.0 Å². The number of esters is 1. The summed E-state index contributed by atoms with van der Waals surface area (Å²) in [5, 5.41) is 5.79. The quantitative estimate of drug-likeness (QED) is 0.113. The smallest absolute Gasteiger partial charge is 0.343 e. The van der Waals surface area contributed by atoms with E-state index in [0.717, 1.165) is 10.8 Å². The number of nitrogens with zero attached hydrogens (tertiary/aromatic N) is 1. The maximum atomic E-state index is 12.7. The van der Waals surface area contributed by atoms with Gasteiger partial charge >= 0.3 is 5.97 Å². The van der Waals surface area contributed by atoms with Gasteiger partial charge in [0.25, 0.3) is 15.9 Å². The van der Waals surface area contributed by atoms with Gasteiger partial charge < -0.3 is 4.74 Å². The number of carbonyl (C=O) groups is 2. The molecule has 0 heterocycles. The number of carbonyl (C=O) groups excluding carboxylic acids is 2. The Labute approximate surface area is 231 Å². The lowest BCUT2D eigenvalue weighted by Crippen LogP contribution is -2.18. The Morgan fingerprint density at radius 2 is 1.35 bits per heavy atom. The van der Waals surface area contributed by atoms with Crippen molar-refractivity contribution in [2.75, 3.05) is 4.72 Å². The highest BCUT2D eigenvalue weighted by atomic mass is 32.2. The van der Waals surface area contributed by atoms with Crippen LogP contribution in [0.15, 0.2) is 131 Å². The van der Waals surface area contributed by atoms with Crippen LogP contribution in [0.4, 0.5) is 5.69 Å². The van der Waals surface area contributed by atoms with Gasteiger partial charge in [0.15, 0.2) is 0 Å². The third kappa shape index (κ3) is 6.06. The molecule has 2 N–H and O–H groups in total. The van der Waals surface area contributed by atoms with Crippen molar-refractivity contribution in [3.63, 3.8) is 0 Å². The Balaban J connectivity index is 1.31. The fourth-order valence-electron chi connectivity index (χ4n) is 3.95. The maximum Gasteiger partial charge on any atom is 0.343 e. The predicted molar refractivity (Wildman–Crippen MR) is 154 cm³/mol. The van der Waals surface area contributed by atoms with Gasteiger partial charge in [-0.1, -0.05) is 66.7 Å². The molecule has 5 aromatic carbocycles. The molecule has 0 atom stereocenters. The van der Waals surface area contributed by atoms with Crippen LogP contribution in [0, 0.1) is 0 Å². The molecule has 0 saturated carbocycles. The molecule has 9 heteroatoms. The molecule has 40 heavy (non-hydrogen) atoms. The van der Waals surface area contributed by atoms with Crippen molar-refractivity contribution in [1.29, 1.82) is 0 Å². The van der Waals surface area contributed by atoms with Crippen molar-refractivity contribution >= 4 is 44.6 Å². The van der Waals surface area contributed by atoms with Crippen LogP contribution < -0.4 is 14.9 Å². The Morgan fingerprint density at radius 1 is 0.700 bits per heavy atom. The summed E-state index contributed by atoms with van der Waals surface area (Å²) < 4.78 is 33.2. The Morgan fingerprint density at radius 3 is 2.08 bits per heavy atom. The predicted octanol–water partition coefficient (Wildman–Crippen LogP) is 5.62. The molecule has 0 aliphatic heterocycles. The minimum atomic E-state index is -3.75. The minimum absolute atomic E-state index is 0.133. The van der Waals surface area contributed by atoms with Gasteiger partial charge in [0.1, 0.15) is 5.75 Å². The molecule has 5 rings (SSSR count). The van der Waals surface area contributed by atoms with Crippen molar-refractivity contribution in [3.8, 4) is 5.75 Å². The standard InChI is InChI=1S/C31H23N3O5S/c35-30(23-15-18-25(19-16-23)34-40(37,38)26-12-5-2-6-13-26)33-32-21-28-27-14-8-7-9-22(27)17-20-29(28)39-31(36)24-10-3-1-4-11-24/h1-21,34H,(H,33,35). The normalized spacial score (nSPS) is 11.3. The first-order valence-electron chi connectivity index (χ1n) is 12.2. The Bertz CT molecular complexity index is 1810. The number of hydrogen-bond donors (Lipinski definition) is 2. The maximum absolute atomic E-state index is 12.7. The van der Waals surface area contributed by atoms with Gasteiger partial charge in [-0.15, -0.1) is 0 Å². The van der Waals surface area contributed by atoms with Crippen molar-refractivity contribution < 1.29 is 22.7 Å². The molecule has 0 bridgehead atoms. The van der Waals surface area contributed by atoms with E-state index in [1.165, 1.54) is 42.6 Å². The summed E-state index contributed by atoms with van der Waals surface area (Å²) in [5.74, 6) is -0.727. The van der Waals surface area contributed by atoms with Crippen molar-refractivity contribution in [1.82, 2.24) is 5.43 Å². The highest BCUT2D eigenvalue weighted by Crippen LogP contribution is 2.27. The van der Waals surface area contributed by atoms with Gasteiger partial charge in [-0.2, -0.15) is 5.10 Å². The first-order chi connectivity index (χ1) is 19.4. The van der Waals surface area contributed by atoms with E-state index in [2.05, 4.69) is 15.2 Å². The molecule has 0 radical (unpaired) electrons. The van der Waals surface area contributed by atoms with E-state index in [0.29, 0.717) is 22.6 Å². The molecular formula is C31H23N3O5S. The van der Waals surface area contributed by atoms with Gasteiger partial charge in [-0.25, -0.2) is 18.6 Å². The van der Waals surface area contributed by atoms with Crippen molar-refractivity contribution in [2.24, 2.45) is 5.10 Å². The molecule has 0 unspecified atom stereocenters. The van der Waals surface area contributed by atoms with E-state index in [1.54, 1.807) is 48.5 Å². The fraction of sp³-hybridized carbons (Fsp3) is 0. The number of nitrogens with one attached hydrogen (secondary N) is 2. The number of rotatable bonds is 8. The largest absolute Gasteiger partial charge is 0.422 e. The number of fused-ring (bicyclic) bond motifs is 1. The van der Waals surface area contributed by atoms with Gasteiger partial charge in [0.05, 0.1) is 16.7 Å². The summed E-state index contributed by atoms with van der Waals surface area (Å²) in [6, 6.07) is 33.6. The van der Waals surface area contributed by atoms with E-state index in [4.69, 9.17) is 4.74 Å². The molecular weight excluding hydrogens is 526 g/mol. The number of amides is 1. The van der Waals surface area contributed by atoms with Gasteiger partial charge in [-0.3, -0.25) is 9.52 Å². The summed E-state index contributed by atoms with van der Waals surface area (Å²) in [6.07, 6.45) is 1.43. The Hall–Kier alpha value is -5.28. The van der Waals surface area contributed by atoms with Gasteiger partial charge in [0, 0.05) is 16.8 Å². The van der Waals surface area contributed by atoms with Crippen LogP contribution in [0.3, 0.4) is 0 Å². The first-order valence-corrected chi connectivity index (χ1v) is 13.7. The average Bonchev–Trinajstić information content (AvgIpc) is 2.99. The molecule has 0 aliphatic carbocycles. The second-order valence-corrected chi connectivity index (χ2v) is 10.3. The zero-order valence-electron chi connectivity index (χ0n) is 21.0. The average molecular weight is 550 g/mol. The first kappa shape index (κ1) is 26.3. The molecule has 1 amide bonds. The van der Waals surface area contributed by atoms with Gasteiger partial charge in [-0.05, 0) is 65.4 Å². The SMILES string of the molecule is O=C(NN=Cc1c(OC(=O)c2ccccc2)ccc2ccccc12)c1ccc(NS(=O)(=O)c2ccccc2)cc1. The third-order valence-electron chi connectivity index (χ3n) is 5.96. The van der Waals surface area contributed by atoms with E-state index in [9.17, 15) is 18.0 Å². The second kappa shape index (κ2) is 11.6. The third-order valence-corrected chi connectivity index (χ3v) is 7.35. The summed E-state index contributed by atoms with van der Waals surface area (Å²) in [6.45, 7) is 0. The number of hydrogen-bond acceptors (Lipinski definition) is 6. The molecule has 198 valence electrons. The molecule has 0 fully saturated rings. The summed E-state index contributed by atoms with van der Waals surface area (Å²) >= 11 is 0. The number of hydrazone groups is 1. The van der Waals surface area contributed by atoms with Crippen LogP contribution in [0.25, 0.3) is 10.8 Å². The van der Waals surface area contributed by atoms with Crippen LogP contribution in [-0.4, -0.2) is 26.5 Å². The topological polar surface area (TPSA) is 114 Å². The fourth-order valence-corrected chi connectivity index (χ4v) is 5.03. The lowest BCUT2D eigenvalue weighted by atomic mass is 10.0. The molecule has 0 aromatic heterocycles. The number of sulfonamides is 1. The molecule has 0 aliphatic rings. The summed E-state index contributed by atoms with van der Waals surface area (Å²) in [5.41, 5.74) is 3.98. The van der Waals surface area contributed by atoms with Crippen LogP contribution >= 0.6 is 0 Å². The van der Waals surface area contributed by atoms with Gasteiger partial charge in [0.2, 0.25) is 0 Å².